The Bertz CT molecular complexity index is 1640. The van der Waals surface area contributed by atoms with E-state index in [-0.39, 0.29) is 29.6 Å². The number of likely N-dealkylation sites (N-methyl/N-ethyl adjacent to an activating group) is 1. The van der Waals surface area contributed by atoms with Crippen molar-refractivity contribution in [3.63, 3.8) is 0 Å². The lowest BCUT2D eigenvalue weighted by molar-refractivity contribution is -0.122. The van der Waals surface area contributed by atoms with Crippen LogP contribution < -0.4 is 20.3 Å². The SMILES string of the molecule is CC(=O)Nc1ccc(C=CC(=O)NCC(=O)N(C)c2ccc(Cl)c(COc3cccc4ccc(C)nc34)c2Cl)cn1.O. The number of aryl methyl sites for hydroxylation is 1. The Labute approximate surface area is 252 Å². The van der Waals surface area contributed by atoms with Gasteiger partial charge in [-0.05, 0) is 55.0 Å². The number of hydrogen-bond acceptors (Lipinski definition) is 6. The molecule has 2 aromatic carbocycles. The van der Waals surface area contributed by atoms with E-state index in [4.69, 9.17) is 27.9 Å². The molecule has 4 rings (SSSR count). The molecule has 0 bridgehead atoms. The number of amides is 3. The van der Waals surface area contributed by atoms with Crippen LogP contribution in [0.5, 0.6) is 5.75 Å². The molecular formula is C30H29Cl2N5O5. The van der Waals surface area contributed by atoms with Crippen LogP contribution in [-0.2, 0) is 21.0 Å². The quantitative estimate of drug-likeness (QED) is 0.262. The van der Waals surface area contributed by atoms with E-state index in [2.05, 4.69) is 20.6 Å². The number of carbonyl (C=O) groups is 3. The zero-order valence-corrected chi connectivity index (χ0v) is 24.6. The fourth-order valence-electron chi connectivity index (χ4n) is 3.87. The van der Waals surface area contributed by atoms with Crippen LogP contribution >= 0.6 is 23.2 Å². The Hall–Kier alpha value is -4.51. The van der Waals surface area contributed by atoms with E-state index < -0.39 is 11.8 Å². The highest BCUT2D eigenvalue weighted by Crippen LogP contribution is 2.35. The van der Waals surface area contributed by atoms with Crippen molar-refractivity contribution in [2.45, 2.75) is 20.5 Å². The summed E-state index contributed by atoms with van der Waals surface area (Å²) in [6.07, 6.45) is 4.34. The molecule has 2 heterocycles. The van der Waals surface area contributed by atoms with Gasteiger partial charge in [-0.25, -0.2) is 9.97 Å². The van der Waals surface area contributed by atoms with Crippen molar-refractivity contribution in [2.75, 3.05) is 23.8 Å². The molecule has 0 aliphatic heterocycles. The van der Waals surface area contributed by atoms with Gasteiger partial charge in [0, 0.05) is 47.9 Å². The van der Waals surface area contributed by atoms with Crippen LogP contribution in [0.4, 0.5) is 11.5 Å². The van der Waals surface area contributed by atoms with Gasteiger partial charge in [-0.3, -0.25) is 14.4 Å². The Morgan fingerprint density at radius 2 is 1.83 bits per heavy atom. The molecule has 12 heteroatoms. The van der Waals surface area contributed by atoms with Gasteiger partial charge in [0.05, 0.1) is 17.3 Å². The summed E-state index contributed by atoms with van der Waals surface area (Å²) in [7, 11) is 1.56. The number of pyridine rings is 2. The van der Waals surface area contributed by atoms with Gasteiger partial charge in [-0.2, -0.15) is 0 Å². The monoisotopic (exact) mass is 609 g/mol. The van der Waals surface area contributed by atoms with Crippen LogP contribution in [0.2, 0.25) is 10.0 Å². The van der Waals surface area contributed by atoms with Gasteiger partial charge in [-0.1, -0.05) is 41.4 Å². The number of benzene rings is 2. The minimum absolute atomic E-state index is 0. The number of para-hydroxylation sites is 1. The molecule has 0 aliphatic carbocycles. The van der Waals surface area contributed by atoms with E-state index in [0.29, 0.717) is 33.4 Å². The van der Waals surface area contributed by atoms with Crippen molar-refractivity contribution in [3.05, 3.63) is 93.7 Å². The van der Waals surface area contributed by atoms with E-state index in [1.54, 1.807) is 37.4 Å². The molecule has 0 aliphatic rings. The Kier molecular flexibility index (Phi) is 11.0. The maximum atomic E-state index is 12.9. The third kappa shape index (κ3) is 8.03. The molecule has 0 saturated heterocycles. The van der Waals surface area contributed by atoms with Crippen LogP contribution in [0.1, 0.15) is 23.7 Å². The van der Waals surface area contributed by atoms with Gasteiger partial charge < -0.3 is 25.7 Å². The van der Waals surface area contributed by atoms with Crippen molar-refractivity contribution in [1.29, 1.82) is 0 Å². The predicted molar refractivity (Wildman–Crippen MR) is 165 cm³/mol. The van der Waals surface area contributed by atoms with E-state index >= 15 is 0 Å². The first-order valence-electron chi connectivity index (χ1n) is 12.5. The molecule has 0 radical (unpaired) electrons. The zero-order chi connectivity index (χ0) is 29.5. The number of aromatic nitrogens is 2. The van der Waals surface area contributed by atoms with E-state index in [1.807, 2.05) is 37.3 Å². The van der Waals surface area contributed by atoms with Gasteiger partial charge in [-0.15, -0.1) is 0 Å². The average molecular weight is 610 g/mol. The lowest BCUT2D eigenvalue weighted by Gasteiger charge is -2.21. The number of rotatable bonds is 9. The maximum Gasteiger partial charge on any atom is 0.246 e. The van der Waals surface area contributed by atoms with Crippen LogP contribution in [0.15, 0.2) is 66.9 Å². The van der Waals surface area contributed by atoms with Crippen LogP contribution in [0.25, 0.3) is 17.0 Å². The number of nitrogens with one attached hydrogen (secondary N) is 2. The fourth-order valence-corrected chi connectivity index (χ4v) is 4.47. The fraction of sp³-hybridized carbons (Fsp3) is 0.167. The molecule has 4 aromatic rings. The van der Waals surface area contributed by atoms with Gasteiger partial charge >= 0.3 is 0 Å². The summed E-state index contributed by atoms with van der Waals surface area (Å²) in [4.78, 5) is 46.2. The predicted octanol–water partition coefficient (Wildman–Crippen LogP) is 4.75. The topological polar surface area (TPSA) is 145 Å². The molecule has 4 N–H and O–H groups in total. The molecule has 0 atom stereocenters. The largest absolute Gasteiger partial charge is 0.487 e. The second kappa shape index (κ2) is 14.4. The zero-order valence-electron chi connectivity index (χ0n) is 23.1. The molecule has 42 heavy (non-hydrogen) atoms. The molecule has 3 amide bonds. The van der Waals surface area contributed by atoms with E-state index in [1.165, 1.54) is 24.1 Å². The Balaban J connectivity index is 0.00000484. The second-order valence-electron chi connectivity index (χ2n) is 9.09. The minimum atomic E-state index is -0.465. The molecule has 0 unspecified atom stereocenters. The van der Waals surface area contributed by atoms with E-state index in [0.717, 1.165) is 16.6 Å². The molecule has 2 aromatic heterocycles. The normalized spacial score (nSPS) is 10.7. The van der Waals surface area contributed by atoms with E-state index in [9.17, 15) is 14.4 Å². The van der Waals surface area contributed by atoms with Crippen molar-refractivity contribution in [2.24, 2.45) is 0 Å². The first kappa shape index (κ1) is 32.0. The number of ether oxygens (including phenoxy) is 1. The number of anilines is 2. The summed E-state index contributed by atoms with van der Waals surface area (Å²) in [6.45, 7) is 3.10. The lowest BCUT2D eigenvalue weighted by Crippen LogP contribution is -2.37. The van der Waals surface area contributed by atoms with Crippen LogP contribution in [0.3, 0.4) is 0 Å². The van der Waals surface area contributed by atoms with Crippen molar-refractivity contribution < 1.29 is 24.6 Å². The van der Waals surface area contributed by atoms with Gasteiger partial charge in [0.1, 0.15) is 23.7 Å². The number of hydrogen-bond donors (Lipinski definition) is 2. The highest BCUT2D eigenvalue weighted by molar-refractivity contribution is 6.38. The second-order valence-corrected chi connectivity index (χ2v) is 9.88. The number of carbonyl (C=O) groups excluding carboxylic acids is 3. The smallest absolute Gasteiger partial charge is 0.246 e. The lowest BCUT2D eigenvalue weighted by atomic mass is 10.1. The third-order valence-corrected chi connectivity index (χ3v) is 6.80. The van der Waals surface area contributed by atoms with Gasteiger partial charge in [0.2, 0.25) is 17.7 Å². The molecule has 10 nitrogen and oxygen atoms in total. The summed E-state index contributed by atoms with van der Waals surface area (Å²) in [6, 6.07) is 16.2. The van der Waals surface area contributed by atoms with Crippen LogP contribution in [-0.4, -0.2) is 46.8 Å². The number of fused-ring (bicyclic) bond motifs is 1. The minimum Gasteiger partial charge on any atom is -0.487 e. The highest BCUT2D eigenvalue weighted by atomic mass is 35.5. The van der Waals surface area contributed by atoms with Gasteiger partial charge in [0.15, 0.2) is 0 Å². The summed E-state index contributed by atoms with van der Waals surface area (Å²) in [5.74, 6) is -0.0917. The third-order valence-electron chi connectivity index (χ3n) is 6.03. The van der Waals surface area contributed by atoms with Crippen molar-refractivity contribution in [3.8, 4) is 5.75 Å². The Morgan fingerprint density at radius 3 is 2.55 bits per heavy atom. The Morgan fingerprint density at radius 1 is 1.05 bits per heavy atom. The van der Waals surface area contributed by atoms with Crippen LogP contribution in [0, 0.1) is 6.92 Å². The molecule has 0 fully saturated rings. The standard InChI is InChI=1S/C30H27Cl2N5O4.H2O/c1-18-7-10-21-5-4-6-25(30(21)35-18)41-17-22-23(31)11-12-24(29(22)32)37(3)28(40)16-34-27(39)14-9-20-8-13-26(33-15-20)36-19(2)38;/h4-15H,16-17H2,1-3H3,(H,34,39)(H,33,36,38);1H2. The van der Waals surface area contributed by atoms with Crippen molar-refractivity contribution >= 4 is 69.4 Å². The summed E-state index contributed by atoms with van der Waals surface area (Å²) >= 11 is 13.1. The summed E-state index contributed by atoms with van der Waals surface area (Å²) in [5.41, 5.74) is 3.17. The van der Waals surface area contributed by atoms with Gasteiger partial charge in [0.25, 0.3) is 0 Å². The highest BCUT2D eigenvalue weighted by Gasteiger charge is 2.19. The van der Waals surface area contributed by atoms with Crippen molar-refractivity contribution in [1.82, 2.24) is 15.3 Å². The average Bonchev–Trinajstić information content (AvgIpc) is 2.95. The molecule has 0 spiro atoms. The summed E-state index contributed by atoms with van der Waals surface area (Å²) in [5, 5.41) is 6.72. The summed E-state index contributed by atoms with van der Waals surface area (Å²) < 4.78 is 6.06. The molecule has 0 saturated carbocycles. The molecule has 218 valence electrons. The number of halogens is 2. The first-order valence-corrected chi connectivity index (χ1v) is 13.3. The number of nitrogens with zero attached hydrogens (tertiary/aromatic N) is 3. The first-order chi connectivity index (χ1) is 19.6. The molecular weight excluding hydrogens is 581 g/mol. The maximum absolute atomic E-state index is 12.9.